The van der Waals surface area contributed by atoms with E-state index in [2.05, 4.69) is 10.6 Å². The van der Waals surface area contributed by atoms with E-state index >= 15 is 0 Å². The van der Waals surface area contributed by atoms with Gasteiger partial charge < -0.3 is 22.0 Å². The molecular weight excluding hydrogens is 389 g/mol. The quantitative estimate of drug-likeness (QED) is 0.591. The van der Waals surface area contributed by atoms with Crippen molar-refractivity contribution < 1.29 is 58.6 Å². The van der Waals surface area contributed by atoms with Gasteiger partial charge >= 0.3 is 0 Å². The second-order valence-electron chi connectivity index (χ2n) is 2.23. The summed E-state index contributed by atoms with van der Waals surface area (Å²) < 4.78 is 0. The first kappa shape index (κ1) is 14.6. The van der Waals surface area contributed by atoms with E-state index < -0.39 is 0 Å². The van der Waals surface area contributed by atoms with Crippen LogP contribution in [0.3, 0.4) is 0 Å². The van der Waals surface area contributed by atoms with Gasteiger partial charge in [-0.15, -0.1) is 0 Å². The molecule has 1 aliphatic rings. The van der Waals surface area contributed by atoms with Gasteiger partial charge in [-0.3, -0.25) is 0 Å². The average Bonchev–Trinajstić information content (AvgIpc) is 1.93. The van der Waals surface area contributed by atoms with Crippen molar-refractivity contribution in [3.8, 4) is 0 Å². The average molecular weight is 399 g/mol. The minimum Gasteiger partial charge on any atom is -0.812 e. The summed E-state index contributed by atoms with van der Waals surface area (Å²) in [6.07, 6.45) is 0.947. The SMILES string of the molecule is CC1CC[N-][CH-]C(=O)N1.[W].[Y]. The molecule has 1 saturated heterocycles. The Morgan fingerprint density at radius 3 is 3.00 bits per heavy atom. The molecule has 1 unspecified atom stereocenters. The van der Waals surface area contributed by atoms with E-state index in [-0.39, 0.29) is 65.7 Å². The summed E-state index contributed by atoms with van der Waals surface area (Å²) in [5.41, 5.74) is 0. The van der Waals surface area contributed by atoms with Crippen molar-refractivity contribution >= 4 is 5.91 Å². The van der Waals surface area contributed by atoms with E-state index in [0.717, 1.165) is 13.0 Å². The van der Waals surface area contributed by atoms with E-state index in [1.54, 1.807) is 0 Å². The molecule has 1 amide bonds. The zero-order chi connectivity index (χ0) is 6.69. The van der Waals surface area contributed by atoms with Gasteiger partial charge in [-0.05, 0) is 6.92 Å². The number of hydrogen-bond donors (Lipinski definition) is 1. The van der Waals surface area contributed by atoms with Crippen molar-refractivity contribution in [1.29, 1.82) is 0 Å². The number of nitrogens with one attached hydrogen (secondary N) is 1. The maximum Gasteiger partial charge on any atom is 0.0590 e. The normalized spacial score (nSPS) is 23.0. The maximum absolute atomic E-state index is 10.6. The zero-order valence-corrected chi connectivity index (χ0v) is 12.2. The fourth-order valence-electron chi connectivity index (χ4n) is 0.768. The van der Waals surface area contributed by atoms with E-state index in [4.69, 9.17) is 0 Å². The third-order valence-corrected chi connectivity index (χ3v) is 1.29. The standard InChI is InChI=1S/C6H10N2O.W.Y/c1-5-2-3-7-4-6(9)8-5;;/h4-5H,2-3H2,1H3,(H,8,9);;/q-2;;. The Balaban J connectivity index is 0. The van der Waals surface area contributed by atoms with E-state index in [9.17, 15) is 4.79 Å². The van der Waals surface area contributed by atoms with Crippen LogP contribution in [0, 0.1) is 6.54 Å². The van der Waals surface area contributed by atoms with Crippen LogP contribution in [0.5, 0.6) is 0 Å². The topological polar surface area (TPSA) is 43.2 Å². The predicted octanol–water partition coefficient (Wildman–Crippen LogP) is 0.425. The summed E-state index contributed by atoms with van der Waals surface area (Å²) in [4.78, 5) is 10.6. The molecule has 0 spiro atoms. The molecule has 1 radical (unpaired) electrons. The monoisotopic (exact) mass is 399 g/mol. The maximum atomic E-state index is 10.6. The summed E-state index contributed by atoms with van der Waals surface area (Å²) >= 11 is 0. The van der Waals surface area contributed by atoms with Crippen molar-refractivity contribution in [2.24, 2.45) is 0 Å². The first-order chi connectivity index (χ1) is 4.29. The van der Waals surface area contributed by atoms with Crippen LogP contribution in [-0.4, -0.2) is 18.5 Å². The molecule has 1 atom stereocenters. The first-order valence-electron chi connectivity index (χ1n) is 3.09. The Labute approximate surface area is 107 Å². The van der Waals surface area contributed by atoms with Crippen LogP contribution in [0.4, 0.5) is 0 Å². The molecule has 0 aromatic heterocycles. The van der Waals surface area contributed by atoms with Gasteiger partial charge in [-0.25, -0.2) is 0 Å². The van der Waals surface area contributed by atoms with Crippen molar-refractivity contribution in [3.05, 3.63) is 11.9 Å². The molecule has 0 aromatic carbocycles. The van der Waals surface area contributed by atoms with E-state index in [0.29, 0.717) is 0 Å². The Hall–Kier alpha value is 1.09. The summed E-state index contributed by atoms with van der Waals surface area (Å²) in [6.45, 7) is 4.09. The third kappa shape index (κ3) is 6.27. The molecule has 5 heteroatoms. The van der Waals surface area contributed by atoms with Gasteiger partial charge in [0.2, 0.25) is 0 Å². The minimum absolute atomic E-state index is 0. The van der Waals surface area contributed by atoms with E-state index in [1.165, 1.54) is 6.54 Å². The van der Waals surface area contributed by atoms with Gasteiger partial charge in [-0.2, -0.15) is 6.54 Å². The van der Waals surface area contributed by atoms with Crippen LogP contribution < -0.4 is 5.32 Å². The zero-order valence-electron chi connectivity index (χ0n) is 6.41. The Morgan fingerprint density at radius 2 is 2.36 bits per heavy atom. The van der Waals surface area contributed by atoms with Gasteiger partial charge in [0.25, 0.3) is 0 Å². The summed E-state index contributed by atoms with van der Waals surface area (Å²) in [5, 5.41) is 6.62. The molecule has 11 heavy (non-hydrogen) atoms. The molecule has 0 bridgehead atoms. The molecule has 1 rings (SSSR count). The molecule has 61 valence electrons. The third-order valence-electron chi connectivity index (χ3n) is 1.29. The number of rotatable bonds is 0. The fourth-order valence-corrected chi connectivity index (χ4v) is 0.768. The van der Waals surface area contributed by atoms with Crippen molar-refractivity contribution in [2.75, 3.05) is 6.54 Å². The summed E-state index contributed by atoms with van der Waals surface area (Å²) in [7, 11) is 0. The number of hydrogen-bond acceptors (Lipinski definition) is 1. The Kier molecular flexibility index (Phi) is 10.3. The number of carbonyl (C=O) groups excluding carboxylic acids is 1. The molecule has 0 aliphatic carbocycles. The first-order valence-corrected chi connectivity index (χ1v) is 3.09. The van der Waals surface area contributed by atoms with Crippen molar-refractivity contribution in [1.82, 2.24) is 5.32 Å². The van der Waals surface area contributed by atoms with Crippen LogP contribution >= 0.6 is 0 Å². The van der Waals surface area contributed by atoms with Gasteiger partial charge in [0.15, 0.2) is 0 Å². The van der Waals surface area contributed by atoms with Crippen LogP contribution in [0.1, 0.15) is 13.3 Å². The summed E-state index contributed by atoms with van der Waals surface area (Å²) in [5.74, 6) is -0.0694. The second kappa shape index (κ2) is 7.73. The predicted molar refractivity (Wildman–Crippen MR) is 34.7 cm³/mol. The molecule has 0 aromatic rings. The number of amides is 1. The van der Waals surface area contributed by atoms with Crippen LogP contribution in [0.2, 0.25) is 0 Å². The van der Waals surface area contributed by atoms with Gasteiger partial charge in [0, 0.05) is 59.8 Å². The van der Waals surface area contributed by atoms with Crippen LogP contribution in [0.15, 0.2) is 0 Å². The molecule has 3 nitrogen and oxygen atoms in total. The number of nitrogens with zero attached hydrogens (tertiary/aromatic N) is 1. The number of carbonyl (C=O) groups is 1. The van der Waals surface area contributed by atoms with Crippen molar-refractivity contribution in [3.63, 3.8) is 0 Å². The molecule has 1 fully saturated rings. The van der Waals surface area contributed by atoms with Gasteiger partial charge in [0.1, 0.15) is 0 Å². The largest absolute Gasteiger partial charge is 0.812 e. The Morgan fingerprint density at radius 1 is 1.73 bits per heavy atom. The van der Waals surface area contributed by atoms with Gasteiger partial charge in [-0.1, -0.05) is 6.42 Å². The fraction of sp³-hybridized carbons (Fsp3) is 0.667. The molecule has 1 N–H and O–H groups in total. The molecule has 1 heterocycles. The molecule has 0 saturated carbocycles. The van der Waals surface area contributed by atoms with Crippen LogP contribution in [0.25, 0.3) is 5.32 Å². The van der Waals surface area contributed by atoms with E-state index in [1.807, 2.05) is 6.92 Å². The Bertz CT molecular complexity index is 123. The summed E-state index contributed by atoms with van der Waals surface area (Å²) in [6, 6.07) is 0.278. The second-order valence-corrected chi connectivity index (χ2v) is 2.23. The smallest absolute Gasteiger partial charge is 0.0590 e. The van der Waals surface area contributed by atoms with Crippen molar-refractivity contribution in [2.45, 2.75) is 19.4 Å². The molecular formula is C6H10N2OWY-2. The molecule has 1 aliphatic heterocycles. The minimum atomic E-state index is -0.0694. The van der Waals surface area contributed by atoms with Crippen LogP contribution in [-0.2, 0) is 58.6 Å². The van der Waals surface area contributed by atoms with Gasteiger partial charge in [0.05, 0.1) is 5.91 Å².